The van der Waals surface area contributed by atoms with Gasteiger partial charge < -0.3 is 10.1 Å². The Labute approximate surface area is 158 Å². The number of ether oxygens (including phenoxy) is 1. The highest BCUT2D eigenvalue weighted by Crippen LogP contribution is 2.39. The highest BCUT2D eigenvalue weighted by atomic mass is 32.2. The summed E-state index contributed by atoms with van der Waals surface area (Å²) in [7, 11) is 0. The molecule has 0 saturated carbocycles. The molecule has 2 amide bonds. The second-order valence-electron chi connectivity index (χ2n) is 5.36. The van der Waals surface area contributed by atoms with E-state index in [2.05, 4.69) is 10.4 Å². The van der Waals surface area contributed by atoms with E-state index in [0.717, 1.165) is 5.56 Å². The zero-order chi connectivity index (χ0) is 18.7. The van der Waals surface area contributed by atoms with Gasteiger partial charge in [0.15, 0.2) is 5.17 Å². The first-order chi connectivity index (χ1) is 12.4. The quantitative estimate of drug-likeness (QED) is 0.644. The van der Waals surface area contributed by atoms with Crippen molar-refractivity contribution in [1.29, 1.82) is 0 Å². The monoisotopic (exact) mass is 389 g/mol. The Kier molecular flexibility index (Phi) is 5.38. The Morgan fingerprint density at radius 3 is 2.65 bits per heavy atom. The van der Waals surface area contributed by atoms with Crippen LogP contribution in [0.25, 0.3) is 0 Å². The molecule has 0 fully saturated rings. The van der Waals surface area contributed by atoms with Crippen molar-refractivity contribution in [2.75, 3.05) is 0 Å². The lowest BCUT2D eigenvalue weighted by Gasteiger charge is -2.19. The standard InChI is InChI=1S/C17H15N3O4S2/c1-10(21)18-17-19-20(11(2)22)15(26-17)12-5-3-6-13(9-12)24-16(23)14-7-4-8-25-14/h3-9,15H,1-2H3,(H,18,19,21). The van der Waals surface area contributed by atoms with E-state index in [1.165, 1.54) is 42.0 Å². The molecule has 1 atom stereocenters. The predicted octanol–water partition coefficient (Wildman–Crippen LogP) is 2.97. The van der Waals surface area contributed by atoms with E-state index in [1.54, 1.807) is 35.7 Å². The summed E-state index contributed by atoms with van der Waals surface area (Å²) >= 11 is 2.54. The Bertz CT molecular complexity index is 880. The third-order valence-corrected chi connectivity index (χ3v) is 5.28. The van der Waals surface area contributed by atoms with E-state index in [9.17, 15) is 14.4 Å². The van der Waals surface area contributed by atoms with Gasteiger partial charge >= 0.3 is 5.97 Å². The Balaban J connectivity index is 1.79. The molecule has 3 rings (SSSR count). The molecule has 2 aromatic rings. The zero-order valence-electron chi connectivity index (χ0n) is 14.0. The molecule has 1 aliphatic heterocycles. The fourth-order valence-corrected chi connectivity index (χ4v) is 3.99. The number of thioether (sulfide) groups is 1. The van der Waals surface area contributed by atoms with Crippen LogP contribution in [-0.4, -0.2) is 28.0 Å². The molecule has 7 nitrogen and oxygen atoms in total. The summed E-state index contributed by atoms with van der Waals surface area (Å²) in [6.45, 7) is 2.77. The maximum absolute atomic E-state index is 12.1. The Hall–Kier alpha value is -2.65. The van der Waals surface area contributed by atoms with Crippen molar-refractivity contribution in [2.24, 2.45) is 5.10 Å². The summed E-state index contributed by atoms with van der Waals surface area (Å²) in [5.41, 5.74) is 0.728. The van der Waals surface area contributed by atoms with Gasteiger partial charge in [0.2, 0.25) is 11.8 Å². The summed E-state index contributed by atoms with van der Waals surface area (Å²) in [4.78, 5) is 35.7. The number of benzene rings is 1. The van der Waals surface area contributed by atoms with Crippen LogP contribution in [0, 0.1) is 0 Å². The molecule has 26 heavy (non-hydrogen) atoms. The number of hydrogen-bond acceptors (Lipinski definition) is 7. The number of nitrogens with one attached hydrogen (secondary N) is 1. The van der Waals surface area contributed by atoms with Gasteiger partial charge in [-0.15, -0.1) is 16.4 Å². The topological polar surface area (TPSA) is 88.1 Å². The van der Waals surface area contributed by atoms with E-state index in [0.29, 0.717) is 15.8 Å². The van der Waals surface area contributed by atoms with Crippen LogP contribution in [0.1, 0.15) is 34.5 Å². The molecule has 134 valence electrons. The van der Waals surface area contributed by atoms with Crippen molar-refractivity contribution in [3.63, 3.8) is 0 Å². The molecule has 1 N–H and O–H groups in total. The number of amidine groups is 1. The minimum absolute atomic E-state index is 0.260. The molecule has 0 saturated heterocycles. The number of rotatable bonds is 3. The van der Waals surface area contributed by atoms with E-state index in [-0.39, 0.29) is 11.8 Å². The molecule has 0 radical (unpaired) electrons. The van der Waals surface area contributed by atoms with E-state index < -0.39 is 11.3 Å². The molecular formula is C17H15N3O4S2. The number of amides is 2. The van der Waals surface area contributed by atoms with E-state index >= 15 is 0 Å². The maximum Gasteiger partial charge on any atom is 0.353 e. The van der Waals surface area contributed by atoms with Crippen LogP contribution in [0.5, 0.6) is 5.75 Å². The van der Waals surface area contributed by atoms with Crippen LogP contribution in [0.3, 0.4) is 0 Å². The maximum atomic E-state index is 12.1. The summed E-state index contributed by atoms with van der Waals surface area (Å²) in [5.74, 6) is -0.587. The molecule has 0 aliphatic carbocycles. The second-order valence-corrected chi connectivity index (χ2v) is 7.38. The Morgan fingerprint density at radius 2 is 2.00 bits per heavy atom. The summed E-state index contributed by atoms with van der Waals surface area (Å²) < 4.78 is 5.40. The molecule has 2 heterocycles. The molecule has 1 unspecified atom stereocenters. The Morgan fingerprint density at radius 1 is 1.19 bits per heavy atom. The first-order valence-electron chi connectivity index (χ1n) is 7.62. The van der Waals surface area contributed by atoms with Crippen molar-refractivity contribution in [3.8, 4) is 5.75 Å². The van der Waals surface area contributed by atoms with Crippen LogP contribution in [0.2, 0.25) is 0 Å². The second kappa shape index (κ2) is 7.71. The third kappa shape index (κ3) is 4.12. The van der Waals surface area contributed by atoms with Crippen molar-refractivity contribution in [1.82, 2.24) is 10.3 Å². The van der Waals surface area contributed by atoms with Crippen LogP contribution >= 0.6 is 23.1 Å². The number of hydrazone groups is 1. The van der Waals surface area contributed by atoms with Gasteiger partial charge in [-0.3, -0.25) is 9.59 Å². The molecule has 0 bridgehead atoms. The SMILES string of the molecule is CC(=O)NC1=NN(C(C)=O)C(c2cccc(OC(=O)c3cccs3)c2)S1. The molecule has 9 heteroatoms. The summed E-state index contributed by atoms with van der Waals surface area (Å²) in [6, 6.07) is 10.4. The summed E-state index contributed by atoms with van der Waals surface area (Å²) in [5, 5.41) is 9.71. The zero-order valence-corrected chi connectivity index (χ0v) is 15.6. The van der Waals surface area contributed by atoms with Gasteiger partial charge in [0, 0.05) is 13.8 Å². The van der Waals surface area contributed by atoms with Gasteiger partial charge in [0.05, 0.1) is 0 Å². The molecule has 1 aliphatic rings. The number of carbonyl (C=O) groups is 3. The number of esters is 1. The predicted molar refractivity (Wildman–Crippen MR) is 99.8 cm³/mol. The number of carbonyl (C=O) groups excluding carboxylic acids is 3. The minimum atomic E-state index is -0.449. The van der Waals surface area contributed by atoms with Gasteiger partial charge in [-0.25, -0.2) is 9.80 Å². The minimum Gasteiger partial charge on any atom is -0.422 e. The first-order valence-corrected chi connectivity index (χ1v) is 9.38. The lowest BCUT2D eigenvalue weighted by atomic mass is 10.2. The fraction of sp³-hybridized carbons (Fsp3) is 0.176. The van der Waals surface area contributed by atoms with Crippen molar-refractivity contribution in [3.05, 3.63) is 52.2 Å². The van der Waals surface area contributed by atoms with Crippen molar-refractivity contribution >= 4 is 46.0 Å². The number of hydrogen-bond donors (Lipinski definition) is 1. The molecule has 1 aromatic carbocycles. The largest absolute Gasteiger partial charge is 0.422 e. The van der Waals surface area contributed by atoms with Gasteiger partial charge in [-0.2, -0.15) is 0 Å². The summed E-state index contributed by atoms with van der Waals surface area (Å²) in [6.07, 6.45) is 0. The first kappa shape index (κ1) is 18.2. The van der Waals surface area contributed by atoms with Crippen molar-refractivity contribution < 1.29 is 19.1 Å². The highest BCUT2D eigenvalue weighted by molar-refractivity contribution is 8.14. The number of thiophene rings is 1. The average molecular weight is 389 g/mol. The average Bonchev–Trinajstić information content (AvgIpc) is 3.24. The lowest BCUT2D eigenvalue weighted by molar-refractivity contribution is -0.129. The smallest absolute Gasteiger partial charge is 0.353 e. The van der Waals surface area contributed by atoms with Crippen LogP contribution < -0.4 is 10.1 Å². The van der Waals surface area contributed by atoms with Crippen LogP contribution in [0.15, 0.2) is 46.9 Å². The van der Waals surface area contributed by atoms with E-state index in [4.69, 9.17) is 4.74 Å². The molecular weight excluding hydrogens is 374 g/mol. The van der Waals surface area contributed by atoms with Gasteiger partial charge in [-0.05, 0) is 29.1 Å². The fourth-order valence-electron chi connectivity index (χ4n) is 2.26. The van der Waals surface area contributed by atoms with Crippen LogP contribution in [-0.2, 0) is 9.59 Å². The third-order valence-electron chi connectivity index (χ3n) is 3.33. The number of nitrogens with zero attached hydrogens (tertiary/aromatic N) is 2. The van der Waals surface area contributed by atoms with E-state index in [1.807, 2.05) is 6.07 Å². The molecule has 0 spiro atoms. The van der Waals surface area contributed by atoms with Crippen LogP contribution in [0.4, 0.5) is 0 Å². The van der Waals surface area contributed by atoms with Gasteiger partial charge in [-0.1, -0.05) is 30.0 Å². The lowest BCUT2D eigenvalue weighted by Crippen LogP contribution is -2.25. The van der Waals surface area contributed by atoms with Gasteiger partial charge in [0.25, 0.3) is 0 Å². The molecule has 1 aromatic heterocycles. The van der Waals surface area contributed by atoms with Crippen molar-refractivity contribution in [2.45, 2.75) is 19.2 Å². The van der Waals surface area contributed by atoms with Gasteiger partial charge in [0.1, 0.15) is 16.0 Å². The normalized spacial score (nSPS) is 16.2. The highest BCUT2D eigenvalue weighted by Gasteiger charge is 2.32.